The second-order valence-corrected chi connectivity index (χ2v) is 3.38. The molecule has 0 rings (SSSR count). The molecule has 20 heavy (non-hydrogen) atoms. The van der Waals surface area contributed by atoms with Gasteiger partial charge in [0.25, 0.3) is 0 Å². The lowest BCUT2D eigenvalue weighted by atomic mass is 10.4. The van der Waals surface area contributed by atoms with Crippen LogP contribution in [0.25, 0.3) is 0 Å². The summed E-state index contributed by atoms with van der Waals surface area (Å²) in [7, 11) is 0. The first kappa shape index (κ1) is 50.2. The van der Waals surface area contributed by atoms with Crippen LogP contribution in [-0.4, -0.2) is 44.2 Å². The third-order valence-corrected chi connectivity index (χ3v) is 2.02. The predicted octanol–water partition coefficient (Wildman–Crippen LogP) is 5.11. The molecule has 136 valence electrons. The van der Waals surface area contributed by atoms with E-state index in [0.717, 1.165) is 32.7 Å². The third-order valence-electron chi connectivity index (χ3n) is 2.02. The van der Waals surface area contributed by atoms with Crippen molar-refractivity contribution in [3.63, 3.8) is 0 Å². The Labute approximate surface area is 134 Å². The molecule has 0 aliphatic rings. The smallest absolute Gasteiger partial charge is 0.0107 e. The maximum atomic E-state index is 5.53. The highest BCUT2D eigenvalue weighted by Gasteiger charge is 2.00. The molecule has 0 atom stereocenters. The van der Waals surface area contributed by atoms with Crippen LogP contribution in [0.5, 0.6) is 0 Å². The minimum absolute atomic E-state index is 0. The Hall–Kier alpha value is -0.120. The summed E-state index contributed by atoms with van der Waals surface area (Å²) >= 11 is 0. The van der Waals surface area contributed by atoms with Gasteiger partial charge in [0.15, 0.2) is 0 Å². The molecule has 3 N–H and O–H groups in total. The zero-order chi connectivity index (χ0) is 9.94. The Bertz CT molecular complexity index is 92.2. The van der Waals surface area contributed by atoms with Crippen molar-refractivity contribution in [1.82, 2.24) is 10.2 Å². The molecule has 0 amide bonds. The van der Waals surface area contributed by atoms with Crippen molar-refractivity contribution in [2.75, 3.05) is 39.3 Å². The molecule has 3 nitrogen and oxygen atoms in total. The van der Waals surface area contributed by atoms with E-state index < -0.39 is 0 Å². The van der Waals surface area contributed by atoms with Gasteiger partial charge in [-0.05, 0) is 25.9 Å². The molecule has 0 aromatic carbocycles. The first-order valence-corrected chi connectivity index (χ1v) is 5.48. The zero-order valence-electron chi connectivity index (χ0n) is 9.18. The minimum Gasteiger partial charge on any atom is -0.329 e. The summed E-state index contributed by atoms with van der Waals surface area (Å²) < 4.78 is 0. The minimum atomic E-state index is 0. The summed E-state index contributed by atoms with van der Waals surface area (Å²) in [6.45, 7) is 10.7. The van der Waals surface area contributed by atoms with Gasteiger partial charge in [0.2, 0.25) is 0 Å². The number of hydrogen-bond donors (Lipinski definition) is 2. The molecule has 0 aliphatic heterocycles. The van der Waals surface area contributed by atoms with E-state index >= 15 is 0 Å². The summed E-state index contributed by atoms with van der Waals surface area (Å²) in [4.78, 5) is 2.42. The normalized spacial score (nSPS) is 7.20. The molecule has 0 aromatic heterocycles. The van der Waals surface area contributed by atoms with Gasteiger partial charge in [0, 0.05) is 26.2 Å². The molecule has 0 aromatic rings. The van der Waals surface area contributed by atoms with E-state index in [-0.39, 0.29) is 52.0 Å². The van der Waals surface area contributed by atoms with Crippen LogP contribution < -0.4 is 11.1 Å². The Balaban J connectivity index is -0.0000000343. The Kier molecular flexibility index (Phi) is 107. The fraction of sp³-hybridized carbons (Fsp3) is 1.00. The van der Waals surface area contributed by atoms with Crippen molar-refractivity contribution in [1.29, 1.82) is 0 Å². The largest absolute Gasteiger partial charge is 0.329 e. The average Bonchev–Trinajstić information content (AvgIpc) is 2.13. The van der Waals surface area contributed by atoms with Crippen molar-refractivity contribution in [3.05, 3.63) is 0 Å². The summed E-state index contributed by atoms with van der Waals surface area (Å²) in [5.74, 6) is 0. The van der Waals surface area contributed by atoms with E-state index in [2.05, 4.69) is 24.1 Å². The van der Waals surface area contributed by atoms with E-state index in [9.17, 15) is 0 Å². The highest BCUT2D eigenvalue weighted by atomic mass is 15.1. The summed E-state index contributed by atoms with van der Waals surface area (Å²) in [5.41, 5.74) is 5.53. The van der Waals surface area contributed by atoms with Crippen LogP contribution in [0.15, 0.2) is 0 Å². The lowest BCUT2D eigenvalue weighted by Crippen LogP contribution is -2.36. The second-order valence-electron chi connectivity index (χ2n) is 3.38. The van der Waals surface area contributed by atoms with Crippen LogP contribution in [0.4, 0.5) is 0 Å². The zero-order valence-corrected chi connectivity index (χ0v) is 9.18. The number of rotatable bonds is 9. The summed E-state index contributed by atoms with van der Waals surface area (Å²) in [5, 5.41) is 3.40. The van der Waals surface area contributed by atoms with Gasteiger partial charge < -0.3 is 16.0 Å². The molecule has 0 saturated carbocycles. The molecular formula is C17H53N3. The van der Waals surface area contributed by atoms with Gasteiger partial charge in [-0.3, -0.25) is 0 Å². The van der Waals surface area contributed by atoms with E-state index in [1.54, 1.807) is 0 Å². The number of nitrogens with zero attached hydrogens (tertiary/aromatic N) is 1. The first-order chi connectivity index (χ1) is 6.35. The van der Waals surface area contributed by atoms with Crippen LogP contribution in [0.2, 0.25) is 0 Å². The molecule has 0 heterocycles. The molecule has 0 fully saturated rings. The molecule has 3 heteroatoms. The molecule has 0 unspecified atom stereocenters. The third kappa shape index (κ3) is 36.1. The maximum absolute atomic E-state index is 5.53. The lowest BCUT2D eigenvalue weighted by molar-refractivity contribution is 0.281. The van der Waals surface area contributed by atoms with Crippen molar-refractivity contribution >= 4 is 0 Å². The van der Waals surface area contributed by atoms with Gasteiger partial charge in [-0.1, -0.05) is 65.8 Å². The number of nitrogens with two attached hydrogens (primary N) is 1. The molecule has 0 bridgehead atoms. The SMILES string of the molecule is C.C.C.C.C.C.C.CCCNCCN(CCC)CCN. The molecule has 0 spiro atoms. The fourth-order valence-corrected chi connectivity index (χ4v) is 1.37. The molecule has 0 radical (unpaired) electrons. The first-order valence-electron chi connectivity index (χ1n) is 5.48. The van der Waals surface area contributed by atoms with E-state index in [0.29, 0.717) is 0 Å². The van der Waals surface area contributed by atoms with E-state index in [1.165, 1.54) is 19.4 Å². The van der Waals surface area contributed by atoms with Gasteiger partial charge in [-0.25, -0.2) is 0 Å². The second kappa shape index (κ2) is 42.8. The summed E-state index contributed by atoms with van der Waals surface area (Å²) in [6.07, 6.45) is 2.43. The fourth-order valence-electron chi connectivity index (χ4n) is 1.37. The Morgan fingerprint density at radius 2 is 1.20 bits per heavy atom. The van der Waals surface area contributed by atoms with Crippen LogP contribution in [0.1, 0.15) is 78.7 Å². The van der Waals surface area contributed by atoms with Crippen molar-refractivity contribution < 1.29 is 0 Å². The highest BCUT2D eigenvalue weighted by Crippen LogP contribution is 1.88. The van der Waals surface area contributed by atoms with Gasteiger partial charge in [-0.15, -0.1) is 0 Å². The lowest BCUT2D eigenvalue weighted by Gasteiger charge is -2.20. The molecular weight excluding hydrogens is 246 g/mol. The maximum Gasteiger partial charge on any atom is 0.0107 e. The number of nitrogens with one attached hydrogen (secondary N) is 1. The predicted molar refractivity (Wildman–Crippen MR) is 106 cm³/mol. The quantitative estimate of drug-likeness (QED) is 0.581. The topological polar surface area (TPSA) is 41.3 Å². The van der Waals surface area contributed by atoms with Crippen LogP contribution >= 0.6 is 0 Å². The van der Waals surface area contributed by atoms with Crippen molar-refractivity contribution in [2.45, 2.75) is 78.7 Å². The van der Waals surface area contributed by atoms with E-state index in [4.69, 9.17) is 5.73 Å². The van der Waals surface area contributed by atoms with Gasteiger partial charge >= 0.3 is 0 Å². The van der Waals surface area contributed by atoms with Crippen molar-refractivity contribution in [2.24, 2.45) is 5.73 Å². The Morgan fingerprint density at radius 1 is 0.700 bits per heavy atom. The molecule has 0 saturated heterocycles. The number of hydrogen-bond acceptors (Lipinski definition) is 3. The molecule has 0 aliphatic carbocycles. The van der Waals surface area contributed by atoms with Gasteiger partial charge in [0.05, 0.1) is 0 Å². The van der Waals surface area contributed by atoms with Crippen molar-refractivity contribution in [3.8, 4) is 0 Å². The van der Waals surface area contributed by atoms with Gasteiger partial charge in [0.1, 0.15) is 0 Å². The van der Waals surface area contributed by atoms with Gasteiger partial charge in [-0.2, -0.15) is 0 Å². The van der Waals surface area contributed by atoms with Crippen LogP contribution in [0.3, 0.4) is 0 Å². The highest BCUT2D eigenvalue weighted by molar-refractivity contribution is 4.59. The van der Waals surface area contributed by atoms with Crippen LogP contribution in [-0.2, 0) is 0 Å². The van der Waals surface area contributed by atoms with Crippen LogP contribution in [0, 0.1) is 0 Å². The Morgan fingerprint density at radius 3 is 1.55 bits per heavy atom. The summed E-state index contributed by atoms with van der Waals surface area (Å²) in [6, 6.07) is 0. The van der Waals surface area contributed by atoms with E-state index in [1.807, 2.05) is 0 Å². The standard InChI is InChI=1S/C10H25N3.7CH4/c1-3-6-12-7-10-13(8-4-2)9-5-11;;;;;;;/h12H,3-11H2,1-2H3;7*1H4. The average molecular weight is 300 g/mol. The monoisotopic (exact) mass is 299 g/mol.